The van der Waals surface area contributed by atoms with Crippen LogP contribution in [0.1, 0.15) is 50.4 Å². The van der Waals surface area contributed by atoms with E-state index >= 15 is 0 Å². The standard InChI is InChI=1S/C20H28N2O5/c1-4-26-20(25)27-17-7-5-15(6-8-17)19(24)21-16-9-11-22(12-10-16)18(23)13-14(2)3/h5-8,14,16H,4,9-13H2,1-3H3,(H,21,24). The summed E-state index contributed by atoms with van der Waals surface area (Å²) in [5.74, 6) is 0.685. The lowest BCUT2D eigenvalue weighted by molar-refractivity contribution is -0.133. The second-order valence-electron chi connectivity index (χ2n) is 7.04. The quantitative estimate of drug-likeness (QED) is 0.609. The molecule has 0 unspecified atom stereocenters. The Bertz CT molecular complexity index is 649. The van der Waals surface area contributed by atoms with Crippen LogP contribution in [0.4, 0.5) is 4.79 Å². The molecule has 0 radical (unpaired) electrons. The van der Waals surface area contributed by atoms with E-state index in [0.717, 1.165) is 12.8 Å². The Hall–Kier alpha value is -2.57. The number of piperidine rings is 1. The second kappa shape index (κ2) is 9.94. The van der Waals surface area contributed by atoms with Crippen LogP contribution in [0.5, 0.6) is 5.75 Å². The number of nitrogens with zero attached hydrogens (tertiary/aromatic N) is 1. The fourth-order valence-corrected chi connectivity index (χ4v) is 2.94. The fourth-order valence-electron chi connectivity index (χ4n) is 2.94. The van der Waals surface area contributed by atoms with Crippen molar-refractivity contribution in [2.75, 3.05) is 19.7 Å². The maximum absolute atomic E-state index is 12.4. The van der Waals surface area contributed by atoms with E-state index in [2.05, 4.69) is 5.32 Å². The van der Waals surface area contributed by atoms with Gasteiger partial charge in [-0.2, -0.15) is 0 Å². The summed E-state index contributed by atoms with van der Waals surface area (Å²) >= 11 is 0. The Morgan fingerprint density at radius 2 is 1.78 bits per heavy atom. The minimum atomic E-state index is -0.770. The molecule has 2 amide bonds. The van der Waals surface area contributed by atoms with E-state index in [9.17, 15) is 14.4 Å². The Balaban J connectivity index is 1.80. The molecule has 7 nitrogen and oxygen atoms in total. The second-order valence-corrected chi connectivity index (χ2v) is 7.04. The van der Waals surface area contributed by atoms with Crippen molar-refractivity contribution in [3.05, 3.63) is 29.8 Å². The molecule has 1 aliphatic heterocycles. The highest BCUT2D eigenvalue weighted by Gasteiger charge is 2.24. The molecule has 0 aliphatic carbocycles. The predicted molar refractivity (Wildman–Crippen MR) is 101 cm³/mol. The van der Waals surface area contributed by atoms with Crippen molar-refractivity contribution in [2.45, 2.75) is 46.1 Å². The highest BCUT2D eigenvalue weighted by molar-refractivity contribution is 5.94. The van der Waals surface area contributed by atoms with E-state index < -0.39 is 6.16 Å². The molecule has 1 saturated heterocycles. The lowest BCUT2D eigenvalue weighted by Gasteiger charge is -2.32. The molecule has 0 atom stereocenters. The molecule has 7 heteroatoms. The van der Waals surface area contributed by atoms with Crippen LogP contribution in [-0.4, -0.2) is 48.6 Å². The molecule has 2 rings (SSSR count). The zero-order valence-corrected chi connectivity index (χ0v) is 16.2. The average Bonchev–Trinajstić information content (AvgIpc) is 2.62. The third-order valence-corrected chi connectivity index (χ3v) is 4.35. The van der Waals surface area contributed by atoms with Crippen LogP contribution in [0, 0.1) is 5.92 Å². The number of ether oxygens (including phenoxy) is 2. The molecule has 1 N–H and O–H groups in total. The number of carbonyl (C=O) groups excluding carboxylic acids is 3. The van der Waals surface area contributed by atoms with E-state index in [0.29, 0.717) is 36.7 Å². The predicted octanol–water partition coefficient (Wildman–Crippen LogP) is 2.99. The minimum absolute atomic E-state index is 0.0519. The van der Waals surface area contributed by atoms with Crippen molar-refractivity contribution in [1.82, 2.24) is 10.2 Å². The van der Waals surface area contributed by atoms with Crippen molar-refractivity contribution in [3.8, 4) is 5.75 Å². The summed E-state index contributed by atoms with van der Waals surface area (Å²) in [5.41, 5.74) is 0.490. The molecule has 1 fully saturated rings. The van der Waals surface area contributed by atoms with Gasteiger partial charge in [-0.1, -0.05) is 13.8 Å². The number of amides is 2. The monoisotopic (exact) mass is 376 g/mol. The van der Waals surface area contributed by atoms with Gasteiger partial charge in [0.2, 0.25) is 5.91 Å². The fraction of sp³-hybridized carbons (Fsp3) is 0.550. The Kier molecular flexibility index (Phi) is 7.64. The van der Waals surface area contributed by atoms with Gasteiger partial charge in [0.25, 0.3) is 5.91 Å². The highest BCUT2D eigenvalue weighted by atomic mass is 16.7. The molecular weight excluding hydrogens is 348 g/mol. The zero-order valence-electron chi connectivity index (χ0n) is 16.2. The van der Waals surface area contributed by atoms with Crippen LogP contribution in [-0.2, 0) is 9.53 Å². The summed E-state index contributed by atoms with van der Waals surface area (Å²) in [7, 11) is 0. The van der Waals surface area contributed by atoms with Gasteiger partial charge in [-0.3, -0.25) is 9.59 Å². The largest absolute Gasteiger partial charge is 0.513 e. The molecule has 1 aromatic rings. The third kappa shape index (κ3) is 6.58. The molecule has 1 heterocycles. The van der Waals surface area contributed by atoms with Gasteiger partial charge in [0.15, 0.2) is 0 Å². The number of rotatable bonds is 6. The van der Waals surface area contributed by atoms with Gasteiger partial charge in [0, 0.05) is 31.1 Å². The zero-order chi connectivity index (χ0) is 19.8. The SMILES string of the molecule is CCOC(=O)Oc1ccc(C(=O)NC2CCN(C(=O)CC(C)C)CC2)cc1. The summed E-state index contributed by atoms with van der Waals surface area (Å²) in [6.07, 6.45) is 1.30. The third-order valence-electron chi connectivity index (χ3n) is 4.35. The molecule has 0 aromatic heterocycles. The minimum Gasteiger partial charge on any atom is -0.434 e. The number of likely N-dealkylation sites (tertiary alicyclic amines) is 1. The van der Waals surface area contributed by atoms with E-state index in [1.165, 1.54) is 0 Å². The molecule has 148 valence electrons. The Labute approximate surface area is 160 Å². The average molecular weight is 376 g/mol. The number of carbonyl (C=O) groups is 3. The van der Waals surface area contributed by atoms with Crippen LogP contribution in [0.25, 0.3) is 0 Å². The number of nitrogens with one attached hydrogen (secondary N) is 1. The summed E-state index contributed by atoms with van der Waals surface area (Å²) in [4.78, 5) is 37.6. The maximum Gasteiger partial charge on any atom is 0.513 e. The summed E-state index contributed by atoms with van der Waals surface area (Å²) < 4.78 is 9.67. The molecule has 0 saturated carbocycles. The van der Waals surface area contributed by atoms with Crippen LogP contribution < -0.4 is 10.1 Å². The normalized spacial score (nSPS) is 14.7. The first-order chi connectivity index (χ1) is 12.9. The topological polar surface area (TPSA) is 84.9 Å². The van der Waals surface area contributed by atoms with E-state index in [4.69, 9.17) is 9.47 Å². The van der Waals surface area contributed by atoms with Crippen LogP contribution in [0.15, 0.2) is 24.3 Å². The van der Waals surface area contributed by atoms with Crippen molar-refractivity contribution < 1.29 is 23.9 Å². The first-order valence-corrected chi connectivity index (χ1v) is 9.42. The molecule has 1 aliphatic rings. The van der Waals surface area contributed by atoms with Crippen LogP contribution in [0.3, 0.4) is 0 Å². The molecule has 1 aromatic carbocycles. The van der Waals surface area contributed by atoms with Crippen LogP contribution in [0.2, 0.25) is 0 Å². The first kappa shape index (κ1) is 20.7. The van der Waals surface area contributed by atoms with E-state index in [1.54, 1.807) is 31.2 Å². The summed E-state index contributed by atoms with van der Waals surface area (Å²) in [5, 5.41) is 3.01. The van der Waals surface area contributed by atoms with Crippen LogP contribution >= 0.6 is 0 Å². The van der Waals surface area contributed by atoms with Crippen molar-refractivity contribution >= 4 is 18.0 Å². The van der Waals surface area contributed by atoms with Gasteiger partial charge in [0.05, 0.1) is 6.61 Å². The Morgan fingerprint density at radius 3 is 2.33 bits per heavy atom. The van der Waals surface area contributed by atoms with Gasteiger partial charge in [0.1, 0.15) is 5.75 Å². The molecule has 27 heavy (non-hydrogen) atoms. The maximum atomic E-state index is 12.4. The Morgan fingerprint density at radius 1 is 1.15 bits per heavy atom. The van der Waals surface area contributed by atoms with Gasteiger partial charge < -0.3 is 19.7 Å². The molecule has 0 bridgehead atoms. The van der Waals surface area contributed by atoms with Crippen molar-refractivity contribution in [1.29, 1.82) is 0 Å². The molecule has 0 spiro atoms. The van der Waals surface area contributed by atoms with Crippen molar-refractivity contribution in [2.24, 2.45) is 5.92 Å². The number of hydrogen-bond acceptors (Lipinski definition) is 5. The summed E-state index contributed by atoms with van der Waals surface area (Å²) in [6, 6.07) is 6.37. The molecular formula is C20H28N2O5. The van der Waals surface area contributed by atoms with Gasteiger partial charge in [-0.05, 0) is 49.9 Å². The number of benzene rings is 1. The van der Waals surface area contributed by atoms with E-state index in [-0.39, 0.29) is 24.5 Å². The van der Waals surface area contributed by atoms with Crippen molar-refractivity contribution in [3.63, 3.8) is 0 Å². The smallest absolute Gasteiger partial charge is 0.434 e. The first-order valence-electron chi connectivity index (χ1n) is 9.42. The van der Waals surface area contributed by atoms with Gasteiger partial charge >= 0.3 is 6.16 Å². The lowest BCUT2D eigenvalue weighted by Crippen LogP contribution is -2.46. The summed E-state index contributed by atoms with van der Waals surface area (Å²) in [6.45, 7) is 7.34. The number of hydrogen-bond donors (Lipinski definition) is 1. The van der Waals surface area contributed by atoms with Gasteiger partial charge in [-0.15, -0.1) is 0 Å². The van der Waals surface area contributed by atoms with E-state index in [1.807, 2.05) is 18.7 Å². The highest BCUT2D eigenvalue weighted by Crippen LogP contribution is 2.16. The lowest BCUT2D eigenvalue weighted by atomic mass is 10.0. The van der Waals surface area contributed by atoms with Gasteiger partial charge in [-0.25, -0.2) is 4.79 Å².